The number of carbonyl (C=O) groups excluding carboxylic acids is 1. The zero-order valence-electron chi connectivity index (χ0n) is 6.89. The molecule has 2 atom stereocenters. The number of hydrogen-bond acceptors (Lipinski definition) is 1. The summed E-state index contributed by atoms with van der Waals surface area (Å²) in [5.74, 6) is -0.733. The highest BCUT2D eigenvalue weighted by Gasteiger charge is 2.15. The van der Waals surface area contributed by atoms with E-state index in [-0.39, 0.29) is 5.92 Å². The molecule has 0 amide bonds. The fourth-order valence-corrected chi connectivity index (χ4v) is 0.866. The minimum atomic E-state index is -0.930. The molecular formula is C8H15O2. The molecule has 0 fully saturated rings. The second kappa shape index (κ2) is 4.31. The zero-order valence-corrected chi connectivity index (χ0v) is 6.89. The monoisotopic (exact) mass is 143 g/mol. The first kappa shape index (κ1) is 9.47. The summed E-state index contributed by atoms with van der Waals surface area (Å²) in [4.78, 5) is 10.2. The van der Waals surface area contributed by atoms with Crippen LogP contribution in [-0.2, 0) is 9.90 Å². The third-order valence-electron chi connectivity index (χ3n) is 1.86. The maximum atomic E-state index is 10.2. The Balaban J connectivity index is 3.56. The van der Waals surface area contributed by atoms with E-state index < -0.39 is 5.97 Å². The summed E-state index contributed by atoms with van der Waals surface area (Å²) in [6.45, 7) is 5.81. The van der Waals surface area contributed by atoms with E-state index in [1.54, 1.807) is 6.92 Å². The van der Waals surface area contributed by atoms with E-state index in [4.69, 9.17) is 0 Å². The quantitative estimate of drug-likeness (QED) is 0.593. The Hall–Kier alpha value is -0.530. The number of carbonyl (C=O) groups is 1. The standard InChI is InChI=1S/C8H15O2/c1-4-6(2)5-7(3)8(9)10/h6-7H,4-5H2,1-3H3. The summed E-state index contributed by atoms with van der Waals surface area (Å²) in [5, 5.41) is 10.2. The molecule has 0 bridgehead atoms. The van der Waals surface area contributed by atoms with Crippen LogP contribution < -0.4 is 0 Å². The molecule has 0 rings (SSSR count). The lowest BCUT2D eigenvalue weighted by molar-refractivity contribution is -0.148. The molecule has 2 unspecified atom stereocenters. The highest BCUT2D eigenvalue weighted by atomic mass is 16.4. The molecule has 0 aromatic rings. The fourth-order valence-electron chi connectivity index (χ4n) is 0.866. The van der Waals surface area contributed by atoms with Gasteiger partial charge in [-0.1, -0.05) is 27.2 Å². The lowest BCUT2D eigenvalue weighted by atomic mass is 9.96. The normalized spacial score (nSPS) is 16.3. The summed E-state index contributed by atoms with van der Waals surface area (Å²) in [6, 6.07) is 0. The maximum absolute atomic E-state index is 10.2. The predicted octanol–water partition coefficient (Wildman–Crippen LogP) is 2.02. The van der Waals surface area contributed by atoms with Crippen molar-refractivity contribution in [2.24, 2.45) is 11.8 Å². The van der Waals surface area contributed by atoms with Crippen molar-refractivity contribution in [1.29, 1.82) is 0 Å². The van der Waals surface area contributed by atoms with Gasteiger partial charge in [0.2, 0.25) is 0 Å². The maximum Gasteiger partial charge on any atom is 0.358 e. The van der Waals surface area contributed by atoms with Gasteiger partial charge in [0.1, 0.15) is 0 Å². The van der Waals surface area contributed by atoms with Crippen LogP contribution >= 0.6 is 0 Å². The molecule has 0 saturated heterocycles. The lowest BCUT2D eigenvalue weighted by Gasteiger charge is -2.09. The second-order valence-corrected chi connectivity index (χ2v) is 2.97. The summed E-state index contributed by atoms with van der Waals surface area (Å²) in [7, 11) is 0. The summed E-state index contributed by atoms with van der Waals surface area (Å²) >= 11 is 0. The topological polar surface area (TPSA) is 37.0 Å². The molecule has 0 aliphatic rings. The Bertz CT molecular complexity index is 110. The van der Waals surface area contributed by atoms with Gasteiger partial charge in [0.15, 0.2) is 0 Å². The van der Waals surface area contributed by atoms with E-state index in [1.165, 1.54) is 0 Å². The average molecular weight is 143 g/mol. The van der Waals surface area contributed by atoms with Crippen LogP contribution in [0.5, 0.6) is 0 Å². The molecular weight excluding hydrogens is 128 g/mol. The first-order valence-electron chi connectivity index (χ1n) is 3.78. The van der Waals surface area contributed by atoms with Gasteiger partial charge in [-0.2, -0.15) is 0 Å². The van der Waals surface area contributed by atoms with Gasteiger partial charge in [-0.05, 0) is 12.3 Å². The van der Waals surface area contributed by atoms with Crippen LogP contribution in [0.4, 0.5) is 0 Å². The van der Waals surface area contributed by atoms with E-state index in [0.29, 0.717) is 5.92 Å². The van der Waals surface area contributed by atoms with Gasteiger partial charge in [-0.3, -0.25) is 0 Å². The van der Waals surface area contributed by atoms with Gasteiger partial charge < -0.3 is 0 Å². The lowest BCUT2D eigenvalue weighted by Crippen LogP contribution is -2.11. The Labute approximate surface area is 62.2 Å². The van der Waals surface area contributed by atoms with Crippen molar-refractivity contribution in [2.75, 3.05) is 0 Å². The molecule has 10 heavy (non-hydrogen) atoms. The SMILES string of the molecule is CCC(C)CC(C)C([O])=O. The second-order valence-electron chi connectivity index (χ2n) is 2.97. The highest BCUT2D eigenvalue weighted by molar-refractivity contribution is 5.68. The fraction of sp³-hybridized carbons (Fsp3) is 0.875. The van der Waals surface area contributed by atoms with Gasteiger partial charge >= 0.3 is 5.97 Å². The van der Waals surface area contributed by atoms with Crippen molar-refractivity contribution in [3.63, 3.8) is 0 Å². The van der Waals surface area contributed by atoms with E-state index in [2.05, 4.69) is 13.8 Å². The van der Waals surface area contributed by atoms with Gasteiger partial charge in [0, 0.05) is 0 Å². The van der Waals surface area contributed by atoms with Crippen molar-refractivity contribution in [1.82, 2.24) is 0 Å². The molecule has 2 nitrogen and oxygen atoms in total. The minimum absolute atomic E-state index is 0.296. The van der Waals surface area contributed by atoms with Crippen LogP contribution in [-0.4, -0.2) is 5.97 Å². The molecule has 0 spiro atoms. The van der Waals surface area contributed by atoms with Gasteiger partial charge in [0.25, 0.3) is 0 Å². The molecule has 0 saturated carbocycles. The number of hydrogen-bond donors (Lipinski definition) is 0. The molecule has 0 heterocycles. The zero-order chi connectivity index (χ0) is 8.15. The minimum Gasteiger partial charge on any atom is -0.247 e. The third-order valence-corrected chi connectivity index (χ3v) is 1.86. The van der Waals surface area contributed by atoms with E-state index in [9.17, 15) is 9.90 Å². The van der Waals surface area contributed by atoms with Crippen molar-refractivity contribution in [2.45, 2.75) is 33.6 Å². The van der Waals surface area contributed by atoms with Crippen molar-refractivity contribution in [3.8, 4) is 0 Å². The smallest absolute Gasteiger partial charge is 0.247 e. The summed E-state index contributed by atoms with van der Waals surface area (Å²) in [6.07, 6.45) is 1.77. The van der Waals surface area contributed by atoms with Crippen LogP contribution in [0.15, 0.2) is 0 Å². The van der Waals surface area contributed by atoms with Crippen LogP contribution in [0.2, 0.25) is 0 Å². The Kier molecular flexibility index (Phi) is 4.08. The van der Waals surface area contributed by atoms with Gasteiger partial charge in [-0.15, -0.1) is 0 Å². The summed E-state index contributed by atoms with van der Waals surface area (Å²) < 4.78 is 0. The van der Waals surface area contributed by atoms with E-state index >= 15 is 0 Å². The van der Waals surface area contributed by atoms with Crippen molar-refractivity contribution in [3.05, 3.63) is 0 Å². The predicted molar refractivity (Wildman–Crippen MR) is 38.9 cm³/mol. The molecule has 0 N–H and O–H groups in total. The first-order chi connectivity index (χ1) is 4.57. The van der Waals surface area contributed by atoms with Gasteiger partial charge in [-0.25, -0.2) is 9.90 Å². The molecule has 0 aliphatic carbocycles. The first-order valence-corrected chi connectivity index (χ1v) is 3.78. The molecule has 0 aromatic carbocycles. The molecule has 59 valence electrons. The molecule has 1 radical (unpaired) electrons. The van der Waals surface area contributed by atoms with E-state index in [0.717, 1.165) is 12.8 Å². The Morgan fingerprint density at radius 1 is 1.40 bits per heavy atom. The van der Waals surface area contributed by atoms with Crippen LogP contribution in [0.3, 0.4) is 0 Å². The summed E-state index contributed by atoms with van der Waals surface area (Å²) in [5.41, 5.74) is 0. The molecule has 0 aliphatic heterocycles. The Morgan fingerprint density at radius 2 is 1.90 bits per heavy atom. The average Bonchev–Trinajstić information content (AvgIpc) is 1.87. The molecule has 0 aromatic heterocycles. The van der Waals surface area contributed by atoms with Crippen LogP contribution in [0.1, 0.15) is 33.6 Å². The third kappa shape index (κ3) is 3.49. The highest BCUT2D eigenvalue weighted by Crippen LogP contribution is 2.14. The van der Waals surface area contributed by atoms with Crippen LogP contribution in [0.25, 0.3) is 0 Å². The van der Waals surface area contributed by atoms with Crippen molar-refractivity contribution < 1.29 is 9.90 Å². The molecule has 2 heteroatoms. The van der Waals surface area contributed by atoms with Crippen molar-refractivity contribution >= 4 is 5.97 Å². The van der Waals surface area contributed by atoms with Gasteiger partial charge in [0.05, 0.1) is 5.92 Å². The van der Waals surface area contributed by atoms with Crippen LogP contribution in [0, 0.1) is 11.8 Å². The van der Waals surface area contributed by atoms with E-state index in [1.807, 2.05) is 0 Å². The largest absolute Gasteiger partial charge is 0.358 e. The Morgan fingerprint density at radius 3 is 2.20 bits per heavy atom. The number of rotatable bonds is 4.